The molecular formula is C23H21F3. The summed E-state index contributed by atoms with van der Waals surface area (Å²) in [6.07, 6.45) is 3.94. The highest BCUT2D eigenvalue weighted by Gasteiger charge is 2.31. The molecule has 0 unspecified atom stereocenters. The molecule has 0 heterocycles. The van der Waals surface area contributed by atoms with E-state index >= 15 is 0 Å². The van der Waals surface area contributed by atoms with Gasteiger partial charge >= 0.3 is 0 Å². The van der Waals surface area contributed by atoms with Crippen LogP contribution in [0.25, 0.3) is 10.8 Å². The molecule has 1 aliphatic carbocycles. The van der Waals surface area contributed by atoms with Gasteiger partial charge in [0.1, 0.15) is 5.82 Å². The van der Waals surface area contributed by atoms with Crippen LogP contribution in [0.1, 0.15) is 48.8 Å². The van der Waals surface area contributed by atoms with Crippen molar-refractivity contribution < 1.29 is 13.2 Å². The molecule has 0 amide bonds. The molecule has 3 heteroatoms. The first-order chi connectivity index (χ1) is 12.6. The van der Waals surface area contributed by atoms with Gasteiger partial charge < -0.3 is 0 Å². The minimum atomic E-state index is -0.822. The van der Waals surface area contributed by atoms with E-state index in [0.29, 0.717) is 5.92 Å². The van der Waals surface area contributed by atoms with Crippen molar-refractivity contribution in [2.75, 3.05) is 0 Å². The van der Waals surface area contributed by atoms with E-state index in [9.17, 15) is 13.2 Å². The molecule has 0 radical (unpaired) electrons. The molecule has 0 aromatic heterocycles. The summed E-state index contributed by atoms with van der Waals surface area (Å²) in [5.41, 5.74) is 3.07. The molecule has 134 valence electrons. The quantitative estimate of drug-likeness (QED) is 0.488. The van der Waals surface area contributed by atoms with Crippen molar-refractivity contribution in [1.29, 1.82) is 0 Å². The highest BCUT2D eigenvalue weighted by Crippen LogP contribution is 2.45. The zero-order chi connectivity index (χ0) is 18.3. The van der Waals surface area contributed by atoms with Crippen LogP contribution in [0.3, 0.4) is 0 Å². The van der Waals surface area contributed by atoms with Gasteiger partial charge in [0.05, 0.1) is 0 Å². The van der Waals surface area contributed by atoms with Crippen LogP contribution < -0.4 is 0 Å². The first-order valence-electron chi connectivity index (χ1n) is 9.24. The van der Waals surface area contributed by atoms with Crippen molar-refractivity contribution in [1.82, 2.24) is 0 Å². The second-order valence-electron chi connectivity index (χ2n) is 7.24. The number of hydrogen-bond donors (Lipinski definition) is 0. The molecule has 0 saturated carbocycles. The van der Waals surface area contributed by atoms with Gasteiger partial charge in [0.15, 0.2) is 11.6 Å². The molecule has 0 fully saturated rings. The van der Waals surface area contributed by atoms with E-state index in [1.54, 1.807) is 18.2 Å². The third-order valence-electron chi connectivity index (χ3n) is 5.67. The summed E-state index contributed by atoms with van der Waals surface area (Å²) in [7, 11) is 0. The number of halogens is 3. The van der Waals surface area contributed by atoms with Gasteiger partial charge in [0, 0.05) is 5.92 Å². The summed E-state index contributed by atoms with van der Waals surface area (Å²) in [6, 6.07) is 13.2. The molecule has 2 atom stereocenters. The van der Waals surface area contributed by atoms with Crippen molar-refractivity contribution in [2.45, 2.75) is 38.5 Å². The van der Waals surface area contributed by atoms with Crippen LogP contribution in [0.4, 0.5) is 13.2 Å². The predicted octanol–water partition coefficient (Wildman–Crippen LogP) is 6.75. The maximum Gasteiger partial charge on any atom is 0.159 e. The van der Waals surface area contributed by atoms with Gasteiger partial charge in [-0.05, 0) is 76.9 Å². The Morgan fingerprint density at radius 2 is 1.73 bits per heavy atom. The van der Waals surface area contributed by atoms with Crippen LogP contribution in [0.15, 0.2) is 48.5 Å². The molecule has 0 bridgehead atoms. The molecule has 0 spiro atoms. The Labute approximate surface area is 151 Å². The molecule has 0 aliphatic heterocycles. The van der Waals surface area contributed by atoms with E-state index in [-0.39, 0.29) is 11.7 Å². The predicted molar refractivity (Wildman–Crippen MR) is 98.8 cm³/mol. The lowest BCUT2D eigenvalue weighted by Crippen LogP contribution is -2.22. The summed E-state index contributed by atoms with van der Waals surface area (Å²) < 4.78 is 41.2. The van der Waals surface area contributed by atoms with E-state index in [1.165, 1.54) is 18.2 Å². The number of rotatable bonds is 3. The van der Waals surface area contributed by atoms with Gasteiger partial charge in [0.25, 0.3) is 0 Å². The van der Waals surface area contributed by atoms with Gasteiger partial charge in [-0.1, -0.05) is 37.6 Å². The van der Waals surface area contributed by atoms with Crippen molar-refractivity contribution in [3.63, 3.8) is 0 Å². The van der Waals surface area contributed by atoms with Gasteiger partial charge in [-0.25, -0.2) is 13.2 Å². The van der Waals surface area contributed by atoms with Crippen LogP contribution >= 0.6 is 0 Å². The lowest BCUT2D eigenvalue weighted by molar-refractivity contribution is 0.378. The molecule has 4 rings (SSSR count). The van der Waals surface area contributed by atoms with Gasteiger partial charge in [-0.3, -0.25) is 0 Å². The lowest BCUT2D eigenvalue weighted by Gasteiger charge is -2.35. The highest BCUT2D eigenvalue weighted by atomic mass is 19.2. The maximum atomic E-state index is 13.9. The molecule has 0 saturated heterocycles. The van der Waals surface area contributed by atoms with Gasteiger partial charge in [-0.15, -0.1) is 0 Å². The zero-order valence-electron chi connectivity index (χ0n) is 14.7. The third-order valence-corrected chi connectivity index (χ3v) is 5.67. The van der Waals surface area contributed by atoms with Crippen molar-refractivity contribution in [3.8, 4) is 0 Å². The van der Waals surface area contributed by atoms with Crippen molar-refractivity contribution in [2.24, 2.45) is 5.92 Å². The number of hydrogen-bond acceptors (Lipinski definition) is 0. The summed E-state index contributed by atoms with van der Waals surface area (Å²) >= 11 is 0. The summed E-state index contributed by atoms with van der Waals surface area (Å²) in [4.78, 5) is 0. The molecular weight excluding hydrogens is 333 g/mol. The summed E-state index contributed by atoms with van der Waals surface area (Å²) in [5, 5.41) is 1.95. The van der Waals surface area contributed by atoms with E-state index in [2.05, 4.69) is 13.0 Å². The molecule has 1 aliphatic rings. The van der Waals surface area contributed by atoms with Crippen molar-refractivity contribution in [3.05, 3.63) is 82.7 Å². The van der Waals surface area contributed by atoms with E-state index in [1.807, 2.05) is 6.07 Å². The maximum absolute atomic E-state index is 13.9. The second-order valence-corrected chi connectivity index (χ2v) is 7.24. The van der Waals surface area contributed by atoms with Gasteiger partial charge in [-0.2, -0.15) is 0 Å². The summed E-state index contributed by atoms with van der Waals surface area (Å²) in [5.74, 6) is -1.48. The fraction of sp³-hybridized carbons (Fsp3) is 0.304. The minimum Gasteiger partial charge on any atom is -0.207 e. The second kappa shape index (κ2) is 6.79. The SMILES string of the molecule is CCC[C@@H]1CCc2c(ccc3ccc(F)cc23)[C@H]1c1ccc(F)c(F)c1. The normalized spacial score (nSPS) is 19.5. The Hall–Kier alpha value is -2.29. The van der Waals surface area contributed by atoms with Crippen LogP contribution in [0.5, 0.6) is 0 Å². The lowest BCUT2D eigenvalue weighted by atomic mass is 9.69. The van der Waals surface area contributed by atoms with Crippen LogP contribution in [0.2, 0.25) is 0 Å². The zero-order valence-corrected chi connectivity index (χ0v) is 14.7. The molecule has 0 nitrogen and oxygen atoms in total. The molecule has 26 heavy (non-hydrogen) atoms. The third kappa shape index (κ3) is 2.90. The Kier molecular flexibility index (Phi) is 4.47. The Balaban J connectivity index is 1.91. The van der Waals surface area contributed by atoms with Crippen LogP contribution in [0, 0.1) is 23.4 Å². The van der Waals surface area contributed by atoms with Crippen molar-refractivity contribution >= 4 is 10.8 Å². The van der Waals surface area contributed by atoms with E-state index < -0.39 is 11.6 Å². The Morgan fingerprint density at radius 3 is 2.50 bits per heavy atom. The average Bonchev–Trinajstić information content (AvgIpc) is 2.64. The summed E-state index contributed by atoms with van der Waals surface area (Å²) in [6.45, 7) is 2.15. The smallest absolute Gasteiger partial charge is 0.159 e. The first kappa shape index (κ1) is 17.1. The highest BCUT2D eigenvalue weighted by molar-refractivity contribution is 5.87. The fourth-order valence-electron chi connectivity index (χ4n) is 4.53. The fourth-order valence-corrected chi connectivity index (χ4v) is 4.53. The standard InChI is InChI=1S/C23H21F3/c1-2-3-15-6-9-18-19(10-5-14-4-8-17(24)13-20(14)18)23(15)16-7-11-21(25)22(26)12-16/h4-5,7-8,10-13,15,23H,2-3,6,9H2,1H3/t15-,23-/m1/s1. The largest absolute Gasteiger partial charge is 0.207 e. The molecule has 3 aromatic rings. The molecule has 3 aromatic carbocycles. The number of fused-ring (bicyclic) bond motifs is 3. The Morgan fingerprint density at radius 1 is 0.923 bits per heavy atom. The average molecular weight is 354 g/mol. The van der Waals surface area contributed by atoms with E-state index in [0.717, 1.165) is 53.1 Å². The minimum absolute atomic E-state index is 0.0152. The van der Waals surface area contributed by atoms with E-state index in [4.69, 9.17) is 0 Å². The molecule has 0 N–H and O–H groups in total. The number of aryl methyl sites for hydroxylation is 1. The monoisotopic (exact) mass is 354 g/mol. The van der Waals surface area contributed by atoms with Crippen LogP contribution in [-0.4, -0.2) is 0 Å². The topological polar surface area (TPSA) is 0 Å². The van der Waals surface area contributed by atoms with Gasteiger partial charge in [0.2, 0.25) is 0 Å². The first-order valence-corrected chi connectivity index (χ1v) is 9.24. The van der Waals surface area contributed by atoms with Crippen LogP contribution in [-0.2, 0) is 6.42 Å². The number of benzene rings is 3. The Bertz CT molecular complexity index is 961.